The summed E-state index contributed by atoms with van der Waals surface area (Å²) in [4.78, 5) is 31.1. The number of benzene rings is 2. The minimum Gasteiger partial charge on any atom is -0.393 e. The Morgan fingerprint density at radius 3 is 2.30 bits per heavy atom. The SMILES string of the molecule is CC1C(O)C2CC1C1C(=O)N(C[C@H]3CCC[C@@H]3CN3CCC(c4cccc5ccccc45)CC3)C(=O)C21. The third-order valence-corrected chi connectivity index (χ3v) is 11.2. The van der Waals surface area contributed by atoms with Crippen LogP contribution >= 0.6 is 0 Å². The van der Waals surface area contributed by atoms with Gasteiger partial charge in [0.2, 0.25) is 11.8 Å². The first kappa shape index (κ1) is 23.8. The Morgan fingerprint density at radius 1 is 0.838 bits per heavy atom. The first-order chi connectivity index (χ1) is 18.0. The molecule has 5 aliphatic rings. The van der Waals surface area contributed by atoms with Gasteiger partial charge in [0.15, 0.2) is 0 Å². The van der Waals surface area contributed by atoms with Crippen LogP contribution in [0, 0.1) is 41.4 Å². The molecule has 5 heteroatoms. The number of carbonyl (C=O) groups excluding carboxylic acids is 2. The van der Waals surface area contributed by atoms with Gasteiger partial charge < -0.3 is 10.0 Å². The van der Waals surface area contributed by atoms with Crippen LogP contribution in [0.5, 0.6) is 0 Å². The summed E-state index contributed by atoms with van der Waals surface area (Å²) in [6.07, 6.45) is 6.35. The summed E-state index contributed by atoms with van der Waals surface area (Å²) in [5.41, 5.74) is 1.50. The third-order valence-electron chi connectivity index (χ3n) is 11.2. The number of aliphatic hydroxyl groups excluding tert-OH is 1. The molecule has 2 amide bonds. The molecule has 0 spiro atoms. The number of piperidine rings is 1. The van der Waals surface area contributed by atoms with Crippen molar-refractivity contribution >= 4 is 22.6 Å². The van der Waals surface area contributed by atoms with Crippen LogP contribution in [-0.4, -0.2) is 59.0 Å². The number of fused-ring (bicyclic) bond motifs is 6. The topological polar surface area (TPSA) is 60.9 Å². The van der Waals surface area contributed by atoms with Gasteiger partial charge in [-0.15, -0.1) is 0 Å². The molecule has 3 saturated carbocycles. The molecule has 37 heavy (non-hydrogen) atoms. The van der Waals surface area contributed by atoms with Crippen molar-refractivity contribution in [1.29, 1.82) is 0 Å². The van der Waals surface area contributed by atoms with Crippen LogP contribution in [0.25, 0.3) is 10.8 Å². The standard InChI is InChI=1S/C32H40N2O3/c1-19-26-16-27(30(19)35)29-28(26)31(36)34(32(29)37)18-23-9-4-8-22(23)17-33-14-12-21(13-15-33)25-11-5-7-20-6-2-3-10-24(20)25/h2-3,5-7,10-11,19,21-23,26-30,35H,4,8-9,12-18H2,1H3/t19?,22-,23-,26?,27?,28?,29?,30?/m1/s1. The van der Waals surface area contributed by atoms with Crippen molar-refractivity contribution in [3.63, 3.8) is 0 Å². The molecule has 6 unspecified atom stereocenters. The number of imide groups is 1. The number of aliphatic hydroxyl groups is 1. The predicted molar refractivity (Wildman–Crippen MR) is 144 cm³/mol. The summed E-state index contributed by atoms with van der Waals surface area (Å²) in [5, 5.41) is 13.3. The second-order valence-electron chi connectivity index (χ2n) is 12.8. The Labute approximate surface area is 220 Å². The van der Waals surface area contributed by atoms with Crippen molar-refractivity contribution in [1.82, 2.24) is 9.80 Å². The molecule has 3 aliphatic carbocycles. The maximum atomic E-state index is 13.4. The highest BCUT2D eigenvalue weighted by Crippen LogP contribution is 2.58. The van der Waals surface area contributed by atoms with Crippen LogP contribution in [0.1, 0.15) is 56.9 Å². The van der Waals surface area contributed by atoms with Gasteiger partial charge in [0, 0.05) is 13.1 Å². The van der Waals surface area contributed by atoms with Crippen LogP contribution in [-0.2, 0) is 9.59 Å². The van der Waals surface area contributed by atoms with Gasteiger partial charge in [-0.25, -0.2) is 0 Å². The molecule has 7 rings (SSSR count). The molecule has 5 fully saturated rings. The third kappa shape index (κ3) is 3.79. The Balaban J connectivity index is 0.980. The number of carbonyl (C=O) groups is 2. The van der Waals surface area contributed by atoms with Gasteiger partial charge in [-0.05, 0) is 97.0 Å². The number of hydrogen-bond acceptors (Lipinski definition) is 4. The van der Waals surface area contributed by atoms with Crippen molar-refractivity contribution in [2.24, 2.45) is 41.4 Å². The second-order valence-corrected chi connectivity index (χ2v) is 12.8. The molecule has 2 saturated heterocycles. The Hall–Kier alpha value is -2.24. The Morgan fingerprint density at radius 2 is 1.51 bits per heavy atom. The molecule has 196 valence electrons. The van der Waals surface area contributed by atoms with E-state index in [9.17, 15) is 14.7 Å². The van der Waals surface area contributed by atoms with E-state index in [0.29, 0.717) is 24.3 Å². The lowest BCUT2D eigenvalue weighted by Gasteiger charge is -2.36. The lowest BCUT2D eigenvalue weighted by Crippen LogP contribution is -2.41. The maximum absolute atomic E-state index is 13.4. The molecule has 2 bridgehead atoms. The highest BCUT2D eigenvalue weighted by Gasteiger charge is 2.66. The lowest BCUT2D eigenvalue weighted by atomic mass is 9.74. The fourth-order valence-electron chi connectivity index (χ4n) is 9.19. The van der Waals surface area contributed by atoms with Crippen molar-refractivity contribution in [2.75, 3.05) is 26.2 Å². The van der Waals surface area contributed by atoms with Gasteiger partial charge in [-0.3, -0.25) is 14.5 Å². The van der Waals surface area contributed by atoms with E-state index in [2.05, 4.69) is 54.3 Å². The monoisotopic (exact) mass is 500 g/mol. The van der Waals surface area contributed by atoms with Gasteiger partial charge in [0.05, 0.1) is 17.9 Å². The number of nitrogens with zero attached hydrogens (tertiary/aromatic N) is 2. The van der Waals surface area contributed by atoms with E-state index in [-0.39, 0.29) is 41.4 Å². The lowest BCUT2D eigenvalue weighted by molar-refractivity contribution is -0.141. The van der Waals surface area contributed by atoms with Crippen LogP contribution in [0.2, 0.25) is 0 Å². The van der Waals surface area contributed by atoms with Crippen molar-refractivity contribution in [2.45, 2.75) is 57.5 Å². The predicted octanol–water partition coefficient (Wildman–Crippen LogP) is 4.68. The number of rotatable bonds is 5. The van der Waals surface area contributed by atoms with Gasteiger partial charge >= 0.3 is 0 Å². The second kappa shape index (κ2) is 9.20. The quantitative estimate of drug-likeness (QED) is 0.606. The fraction of sp³-hybridized carbons (Fsp3) is 0.625. The molecule has 5 nitrogen and oxygen atoms in total. The Kier molecular flexibility index (Phi) is 5.93. The normalized spacial score (nSPS) is 38.3. The van der Waals surface area contributed by atoms with Crippen molar-refractivity contribution < 1.29 is 14.7 Å². The van der Waals surface area contributed by atoms with Crippen LogP contribution in [0.3, 0.4) is 0 Å². The molecule has 0 radical (unpaired) electrons. The van der Waals surface area contributed by atoms with Gasteiger partial charge in [0.25, 0.3) is 0 Å². The average Bonchev–Trinajstić information content (AvgIpc) is 3.66. The average molecular weight is 501 g/mol. The molecule has 2 heterocycles. The maximum Gasteiger partial charge on any atom is 0.233 e. The van der Waals surface area contributed by atoms with Crippen LogP contribution in [0.15, 0.2) is 42.5 Å². The van der Waals surface area contributed by atoms with Crippen LogP contribution < -0.4 is 0 Å². The molecule has 0 aromatic heterocycles. The summed E-state index contributed by atoms with van der Waals surface area (Å²) in [7, 11) is 0. The zero-order valence-electron chi connectivity index (χ0n) is 22.0. The zero-order valence-corrected chi connectivity index (χ0v) is 22.0. The van der Waals surface area contributed by atoms with Gasteiger partial charge in [-0.1, -0.05) is 55.8 Å². The highest BCUT2D eigenvalue weighted by atomic mass is 16.3. The van der Waals surface area contributed by atoms with E-state index >= 15 is 0 Å². The van der Waals surface area contributed by atoms with E-state index in [4.69, 9.17) is 0 Å². The van der Waals surface area contributed by atoms with E-state index in [1.54, 1.807) is 4.90 Å². The van der Waals surface area contributed by atoms with Crippen molar-refractivity contribution in [3.8, 4) is 0 Å². The van der Waals surface area contributed by atoms with Gasteiger partial charge in [0.1, 0.15) is 0 Å². The first-order valence-corrected chi connectivity index (χ1v) is 14.7. The summed E-state index contributed by atoms with van der Waals surface area (Å²) >= 11 is 0. The molecule has 2 aliphatic heterocycles. The van der Waals surface area contributed by atoms with E-state index < -0.39 is 6.10 Å². The summed E-state index contributed by atoms with van der Waals surface area (Å²) in [5.74, 6) is 1.60. The summed E-state index contributed by atoms with van der Waals surface area (Å²) in [6.45, 7) is 6.01. The minimum absolute atomic E-state index is 0.00569. The molecule has 8 atom stereocenters. The van der Waals surface area contributed by atoms with Gasteiger partial charge in [-0.2, -0.15) is 0 Å². The minimum atomic E-state index is -0.418. The van der Waals surface area contributed by atoms with Crippen molar-refractivity contribution in [3.05, 3.63) is 48.0 Å². The highest BCUT2D eigenvalue weighted by molar-refractivity contribution is 6.06. The first-order valence-electron chi connectivity index (χ1n) is 14.7. The molecule has 2 aromatic carbocycles. The Bertz CT molecular complexity index is 1170. The number of amides is 2. The summed E-state index contributed by atoms with van der Waals surface area (Å²) in [6, 6.07) is 15.5. The van der Waals surface area contributed by atoms with E-state index in [0.717, 1.165) is 32.5 Å². The fourth-order valence-corrected chi connectivity index (χ4v) is 9.19. The smallest absolute Gasteiger partial charge is 0.233 e. The molecule has 2 aromatic rings. The largest absolute Gasteiger partial charge is 0.393 e. The molecular formula is C32H40N2O3. The molecule has 1 N–H and O–H groups in total. The van der Waals surface area contributed by atoms with E-state index in [1.165, 1.54) is 42.0 Å². The molecular weight excluding hydrogens is 460 g/mol. The number of likely N-dealkylation sites (tertiary alicyclic amines) is 2. The zero-order chi connectivity index (χ0) is 25.3. The number of hydrogen-bond donors (Lipinski definition) is 1. The van der Waals surface area contributed by atoms with E-state index in [1.807, 2.05) is 0 Å². The summed E-state index contributed by atoms with van der Waals surface area (Å²) < 4.78 is 0. The van der Waals surface area contributed by atoms with Crippen LogP contribution in [0.4, 0.5) is 0 Å².